The van der Waals surface area contributed by atoms with Crippen molar-refractivity contribution in [2.75, 3.05) is 13.2 Å². The third-order valence-electron chi connectivity index (χ3n) is 7.30. The van der Waals surface area contributed by atoms with E-state index in [1.165, 1.54) is 5.56 Å². The van der Waals surface area contributed by atoms with Gasteiger partial charge in [0.05, 0.1) is 17.7 Å². The first kappa shape index (κ1) is 25.3. The fourth-order valence-corrected chi connectivity index (χ4v) is 5.44. The quantitative estimate of drug-likeness (QED) is 0.346. The lowest BCUT2D eigenvalue weighted by molar-refractivity contribution is 0.0384. The number of pyridine rings is 1. The number of H-pyrrole nitrogens is 1. The standard InChI is InChI=1S/C29H36N6O2/c1-20(2)27(28-31-32-33-35(28)15-14-22-10-5-4-6-11-22)34(19-25-13-8-16-37-25)18-24-17-23-12-7-9-21(3)26(23)30-29(24)36/h4-7,9-12,17,20,25,27H,8,13-16,18-19H2,1-3H3,(H,30,36)/t25-,27+/m1/s1. The van der Waals surface area contributed by atoms with Crippen LogP contribution < -0.4 is 5.56 Å². The molecule has 3 heterocycles. The maximum atomic E-state index is 13.2. The van der Waals surface area contributed by atoms with Crippen LogP contribution in [0.1, 0.15) is 55.2 Å². The third-order valence-corrected chi connectivity index (χ3v) is 7.30. The molecule has 2 atom stereocenters. The first-order valence-corrected chi connectivity index (χ1v) is 13.3. The minimum Gasteiger partial charge on any atom is -0.377 e. The summed E-state index contributed by atoms with van der Waals surface area (Å²) in [6, 6.07) is 18.4. The van der Waals surface area contributed by atoms with Gasteiger partial charge in [0.2, 0.25) is 0 Å². The summed E-state index contributed by atoms with van der Waals surface area (Å²) in [6.07, 6.45) is 3.07. The van der Waals surface area contributed by atoms with Crippen LogP contribution in [0.2, 0.25) is 0 Å². The van der Waals surface area contributed by atoms with E-state index >= 15 is 0 Å². The molecule has 1 saturated heterocycles. The normalized spacial score (nSPS) is 16.7. The molecule has 0 unspecified atom stereocenters. The van der Waals surface area contributed by atoms with Gasteiger partial charge >= 0.3 is 0 Å². The summed E-state index contributed by atoms with van der Waals surface area (Å²) in [5, 5.41) is 14.0. The minimum absolute atomic E-state index is 0.0506. The number of hydrogen-bond donors (Lipinski definition) is 1. The van der Waals surface area contributed by atoms with Crippen molar-refractivity contribution < 1.29 is 4.74 Å². The Bertz CT molecular complexity index is 1370. The summed E-state index contributed by atoms with van der Waals surface area (Å²) < 4.78 is 7.96. The Labute approximate surface area is 217 Å². The number of aromatic amines is 1. The summed E-state index contributed by atoms with van der Waals surface area (Å²) in [4.78, 5) is 18.7. The van der Waals surface area contributed by atoms with Gasteiger partial charge in [0.1, 0.15) is 0 Å². The van der Waals surface area contributed by atoms with E-state index in [0.29, 0.717) is 13.1 Å². The van der Waals surface area contributed by atoms with Crippen molar-refractivity contribution in [1.29, 1.82) is 0 Å². The van der Waals surface area contributed by atoms with E-state index in [1.807, 2.05) is 35.9 Å². The number of tetrazole rings is 1. The molecule has 1 aliphatic heterocycles. The Morgan fingerprint density at radius 3 is 2.76 bits per heavy atom. The molecular weight excluding hydrogens is 464 g/mol. The zero-order chi connectivity index (χ0) is 25.8. The lowest BCUT2D eigenvalue weighted by Gasteiger charge is -2.35. The Hall–Kier alpha value is -3.36. The number of fused-ring (bicyclic) bond motifs is 1. The second-order valence-electron chi connectivity index (χ2n) is 10.4. The largest absolute Gasteiger partial charge is 0.377 e. The Balaban J connectivity index is 1.47. The van der Waals surface area contributed by atoms with Crippen LogP contribution in [0.3, 0.4) is 0 Å². The predicted octanol–water partition coefficient (Wildman–Crippen LogP) is 4.44. The number of hydrogen-bond acceptors (Lipinski definition) is 6. The summed E-state index contributed by atoms with van der Waals surface area (Å²) in [6.45, 7) is 9.10. The molecule has 0 radical (unpaired) electrons. The molecule has 0 spiro atoms. The van der Waals surface area contributed by atoms with Crippen molar-refractivity contribution in [1.82, 2.24) is 30.1 Å². The molecule has 1 fully saturated rings. The van der Waals surface area contributed by atoms with E-state index in [1.54, 1.807) is 0 Å². The minimum atomic E-state index is -0.0671. The molecule has 2 aromatic heterocycles. The highest BCUT2D eigenvalue weighted by molar-refractivity contribution is 5.81. The predicted molar refractivity (Wildman–Crippen MR) is 144 cm³/mol. The van der Waals surface area contributed by atoms with E-state index in [4.69, 9.17) is 4.74 Å². The van der Waals surface area contributed by atoms with E-state index in [2.05, 4.69) is 69.6 Å². The molecule has 0 saturated carbocycles. The Morgan fingerprint density at radius 2 is 2.00 bits per heavy atom. The Morgan fingerprint density at radius 1 is 1.16 bits per heavy atom. The number of nitrogens with zero attached hydrogens (tertiary/aromatic N) is 5. The summed E-state index contributed by atoms with van der Waals surface area (Å²) in [7, 11) is 0. The van der Waals surface area contributed by atoms with Crippen LogP contribution in [0, 0.1) is 12.8 Å². The average molecular weight is 501 g/mol. The molecule has 8 heteroatoms. The van der Waals surface area contributed by atoms with Crippen LogP contribution in [0.15, 0.2) is 59.4 Å². The smallest absolute Gasteiger partial charge is 0.252 e. The van der Waals surface area contributed by atoms with Crippen molar-refractivity contribution >= 4 is 10.9 Å². The van der Waals surface area contributed by atoms with Gasteiger partial charge in [-0.15, -0.1) is 5.10 Å². The van der Waals surface area contributed by atoms with Gasteiger partial charge in [-0.2, -0.15) is 0 Å². The molecule has 0 bridgehead atoms. The van der Waals surface area contributed by atoms with Gasteiger partial charge < -0.3 is 9.72 Å². The molecule has 5 rings (SSSR count). The number of para-hydroxylation sites is 1. The van der Waals surface area contributed by atoms with Gasteiger partial charge in [-0.1, -0.05) is 62.4 Å². The van der Waals surface area contributed by atoms with Crippen molar-refractivity contribution in [3.63, 3.8) is 0 Å². The first-order valence-electron chi connectivity index (χ1n) is 13.3. The molecule has 37 heavy (non-hydrogen) atoms. The summed E-state index contributed by atoms with van der Waals surface area (Å²) in [5.74, 6) is 1.06. The van der Waals surface area contributed by atoms with Crippen LogP contribution in [-0.2, 0) is 24.2 Å². The lowest BCUT2D eigenvalue weighted by Crippen LogP contribution is -2.40. The SMILES string of the molecule is Cc1cccc2cc(CN(C[C@H]3CCCO3)[C@H](c3nnnn3CCc3ccccc3)C(C)C)c(=O)[nH]c12. The van der Waals surface area contributed by atoms with Crippen molar-refractivity contribution in [2.24, 2.45) is 5.92 Å². The molecule has 4 aromatic rings. The monoisotopic (exact) mass is 500 g/mol. The van der Waals surface area contributed by atoms with Crippen molar-refractivity contribution in [3.05, 3.63) is 87.5 Å². The van der Waals surface area contributed by atoms with Crippen LogP contribution in [0.4, 0.5) is 0 Å². The van der Waals surface area contributed by atoms with Crippen LogP contribution >= 0.6 is 0 Å². The number of aryl methyl sites for hydroxylation is 3. The second kappa shape index (κ2) is 11.4. The highest BCUT2D eigenvalue weighted by Gasteiger charge is 2.32. The maximum absolute atomic E-state index is 13.2. The molecule has 1 aliphatic rings. The average Bonchev–Trinajstić information content (AvgIpc) is 3.57. The van der Waals surface area contributed by atoms with Crippen LogP contribution in [0.5, 0.6) is 0 Å². The van der Waals surface area contributed by atoms with Gasteiger partial charge in [0, 0.05) is 31.8 Å². The van der Waals surface area contributed by atoms with Crippen molar-refractivity contribution in [2.45, 2.75) is 65.3 Å². The highest BCUT2D eigenvalue weighted by Crippen LogP contribution is 2.30. The molecule has 1 N–H and O–H groups in total. The third kappa shape index (κ3) is 5.81. The molecular formula is C29H36N6O2. The summed E-state index contributed by atoms with van der Waals surface area (Å²) >= 11 is 0. The van der Waals surface area contributed by atoms with Crippen LogP contribution in [0.25, 0.3) is 10.9 Å². The highest BCUT2D eigenvalue weighted by atomic mass is 16.5. The maximum Gasteiger partial charge on any atom is 0.252 e. The molecule has 0 aliphatic carbocycles. The van der Waals surface area contributed by atoms with Gasteiger partial charge in [-0.25, -0.2) is 4.68 Å². The second-order valence-corrected chi connectivity index (χ2v) is 10.4. The van der Waals surface area contributed by atoms with Crippen LogP contribution in [-0.4, -0.2) is 49.3 Å². The molecule has 0 amide bonds. The number of ether oxygens (including phenoxy) is 1. The lowest BCUT2D eigenvalue weighted by atomic mass is 9.99. The van der Waals surface area contributed by atoms with Crippen molar-refractivity contribution in [3.8, 4) is 0 Å². The van der Waals surface area contributed by atoms with E-state index in [0.717, 1.165) is 60.3 Å². The first-order chi connectivity index (χ1) is 18.0. The van der Waals surface area contributed by atoms with E-state index in [-0.39, 0.29) is 23.6 Å². The zero-order valence-electron chi connectivity index (χ0n) is 21.9. The molecule has 194 valence electrons. The molecule has 2 aromatic carbocycles. The topological polar surface area (TPSA) is 88.9 Å². The van der Waals surface area contributed by atoms with E-state index in [9.17, 15) is 4.79 Å². The van der Waals surface area contributed by atoms with E-state index < -0.39 is 0 Å². The van der Waals surface area contributed by atoms with Gasteiger partial charge in [0.25, 0.3) is 5.56 Å². The number of rotatable bonds is 10. The fraction of sp³-hybridized carbons (Fsp3) is 0.448. The number of aromatic nitrogens is 5. The zero-order valence-corrected chi connectivity index (χ0v) is 21.9. The molecule has 8 nitrogen and oxygen atoms in total. The number of benzene rings is 2. The Kier molecular flexibility index (Phi) is 7.76. The summed E-state index contributed by atoms with van der Waals surface area (Å²) in [5.41, 5.74) is 3.90. The van der Waals surface area contributed by atoms with Gasteiger partial charge in [0.15, 0.2) is 5.82 Å². The van der Waals surface area contributed by atoms with Gasteiger partial charge in [-0.05, 0) is 65.1 Å². The fourth-order valence-electron chi connectivity index (χ4n) is 5.44. The van der Waals surface area contributed by atoms with Gasteiger partial charge in [-0.3, -0.25) is 9.69 Å². The number of nitrogens with one attached hydrogen (secondary N) is 1.